The molecular formula is C15H13ClN2OS. The quantitative estimate of drug-likeness (QED) is 0.682. The molecule has 20 heavy (non-hydrogen) atoms. The largest absolute Gasteiger partial charge is 0.454 e. The third-order valence-corrected chi connectivity index (χ3v) is 4.18. The summed E-state index contributed by atoms with van der Waals surface area (Å²) in [5, 5.41) is 1.56. The maximum absolute atomic E-state index is 6.14. The molecule has 0 bridgehead atoms. The predicted octanol–water partition coefficient (Wildman–Crippen LogP) is 4.94. The predicted molar refractivity (Wildman–Crippen MR) is 85.0 cm³/mol. The van der Waals surface area contributed by atoms with Crippen molar-refractivity contribution in [3.63, 3.8) is 0 Å². The van der Waals surface area contributed by atoms with E-state index >= 15 is 0 Å². The smallest absolute Gasteiger partial charge is 0.152 e. The van der Waals surface area contributed by atoms with Gasteiger partial charge in [0.2, 0.25) is 0 Å². The number of nitrogens with two attached hydrogens (primary N) is 1. The lowest BCUT2D eigenvalue weighted by molar-refractivity contribution is 0.485. The number of halogens is 1. The third-order valence-electron chi connectivity index (χ3n) is 2.93. The molecule has 5 heteroatoms. The molecule has 102 valence electrons. The highest BCUT2D eigenvalue weighted by molar-refractivity contribution is 7.18. The SMILES string of the molecule is Cc1ccc(Cl)c(Oc2cc3nc(C)sc3cc2N)c1. The van der Waals surface area contributed by atoms with Crippen molar-refractivity contribution in [1.82, 2.24) is 4.98 Å². The van der Waals surface area contributed by atoms with Crippen LogP contribution in [0.25, 0.3) is 10.2 Å². The number of thiazole rings is 1. The van der Waals surface area contributed by atoms with Crippen LogP contribution in [0.3, 0.4) is 0 Å². The van der Waals surface area contributed by atoms with Crippen molar-refractivity contribution in [1.29, 1.82) is 0 Å². The first-order valence-electron chi connectivity index (χ1n) is 6.13. The van der Waals surface area contributed by atoms with Crippen LogP contribution in [0.2, 0.25) is 5.02 Å². The van der Waals surface area contributed by atoms with E-state index in [4.69, 9.17) is 22.1 Å². The molecule has 0 aliphatic carbocycles. The minimum atomic E-state index is 0.560. The molecule has 3 nitrogen and oxygen atoms in total. The minimum Gasteiger partial charge on any atom is -0.454 e. The Labute approximate surface area is 126 Å². The molecule has 0 unspecified atom stereocenters. The van der Waals surface area contributed by atoms with E-state index in [0.29, 0.717) is 22.2 Å². The highest BCUT2D eigenvalue weighted by Crippen LogP contribution is 2.36. The Kier molecular flexibility index (Phi) is 3.28. The van der Waals surface area contributed by atoms with Gasteiger partial charge < -0.3 is 10.5 Å². The fraction of sp³-hybridized carbons (Fsp3) is 0.133. The van der Waals surface area contributed by atoms with Crippen LogP contribution in [-0.2, 0) is 0 Å². The highest BCUT2D eigenvalue weighted by Gasteiger charge is 2.10. The summed E-state index contributed by atoms with van der Waals surface area (Å²) in [5.74, 6) is 1.18. The first-order chi connectivity index (χ1) is 9.52. The van der Waals surface area contributed by atoms with Gasteiger partial charge in [0.15, 0.2) is 5.75 Å². The lowest BCUT2D eigenvalue weighted by atomic mass is 10.2. The van der Waals surface area contributed by atoms with Crippen LogP contribution in [0.5, 0.6) is 11.5 Å². The van der Waals surface area contributed by atoms with Crippen molar-refractivity contribution in [3.05, 3.63) is 45.9 Å². The van der Waals surface area contributed by atoms with Crippen LogP contribution < -0.4 is 10.5 Å². The molecule has 0 amide bonds. The standard InChI is InChI=1S/C15H13ClN2OS/c1-8-3-4-10(16)13(5-8)19-14-7-12-15(6-11(14)17)20-9(2)18-12/h3-7H,17H2,1-2H3. The van der Waals surface area contributed by atoms with Crippen LogP contribution in [0, 0.1) is 13.8 Å². The number of hydrogen-bond donors (Lipinski definition) is 1. The molecule has 1 aromatic heterocycles. The highest BCUT2D eigenvalue weighted by atomic mass is 35.5. The number of aryl methyl sites for hydroxylation is 2. The fourth-order valence-electron chi connectivity index (χ4n) is 1.98. The summed E-state index contributed by atoms with van der Waals surface area (Å²) >= 11 is 7.76. The van der Waals surface area contributed by atoms with Crippen molar-refractivity contribution in [2.24, 2.45) is 0 Å². The van der Waals surface area contributed by atoms with E-state index < -0.39 is 0 Å². The van der Waals surface area contributed by atoms with Crippen molar-refractivity contribution >= 4 is 38.8 Å². The van der Waals surface area contributed by atoms with Crippen LogP contribution in [0.1, 0.15) is 10.6 Å². The maximum Gasteiger partial charge on any atom is 0.152 e. The van der Waals surface area contributed by atoms with Crippen molar-refractivity contribution < 1.29 is 4.74 Å². The minimum absolute atomic E-state index is 0.560. The van der Waals surface area contributed by atoms with Gasteiger partial charge in [0.25, 0.3) is 0 Å². The second-order valence-electron chi connectivity index (χ2n) is 4.63. The number of ether oxygens (including phenoxy) is 1. The lowest BCUT2D eigenvalue weighted by Gasteiger charge is -2.10. The molecule has 3 aromatic rings. The molecule has 0 atom stereocenters. The Morgan fingerprint density at radius 2 is 1.95 bits per heavy atom. The van der Waals surface area contributed by atoms with E-state index in [0.717, 1.165) is 20.8 Å². The molecule has 0 saturated heterocycles. The average Bonchev–Trinajstić information content (AvgIpc) is 2.73. The van der Waals surface area contributed by atoms with E-state index in [9.17, 15) is 0 Å². The van der Waals surface area contributed by atoms with Crippen molar-refractivity contribution in [2.45, 2.75) is 13.8 Å². The normalized spacial score (nSPS) is 10.9. The summed E-state index contributed by atoms with van der Waals surface area (Å²) < 4.78 is 6.90. The van der Waals surface area contributed by atoms with Gasteiger partial charge in [-0.15, -0.1) is 11.3 Å². The van der Waals surface area contributed by atoms with Crippen molar-refractivity contribution in [3.8, 4) is 11.5 Å². The van der Waals surface area contributed by atoms with E-state index in [1.807, 2.05) is 44.2 Å². The molecule has 0 aliphatic rings. The van der Waals surface area contributed by atoms with Gasteiger partial charge in [0.05, 0.1) is 25.9 Å². The van der Waals surface area contributed by atoms with Crippen LogP contribution >= 0.6 is 22.9 Å². The molecule has 2 N–H and O–H groups in total. The average molecular weight is 305 g/mol. The van der Waals surface area contributed by atoms with Crippen LogP contribution in [0.4, 0.5) is 5.69 Å². The molecule has 0 fully saturated rings. The number of anilines is 1. The first-order valence-corrected chi connectivity index (χ1v) is 7.33. The lowest BCUT2D eigenvalue weighted by Crippen LogP contribution is -1.93. The van der Waals surface area contributed by atoms with Crippen LogP contribution in [0.15, 0.2) is 30.3 Å². The molecular weight excluding hydrogens is 292 g/mol. The van der Waals surface area contributed by atoms with Gasteiger partial charge in [-0.1, -0.05) is 17.7 Å². The summed E-state index contributed by atoms with van der Waals surface area (Å²) in [5.41, 5.74) is 8.59. The van der Waals surface area contributed by atoms with Crippen molar-refractivity contribution in [2.75, 3.05) is 5.73 Å². The Morgan fingerprint density at radius 1 is 1.15 bits per heavy atom. The number of aromatic nitrogens is 1. The topological polar surface area (TPSA) is 48.1 Å². The third kappa shape index (κ3) is 2.44. The zero-order valence-electron chi connectivity index (χ0n) is 11.1. The number of hydrogen-bond acceptors (Lipinski definition) is 4. The Morgan fingerprint density at radius 3 is 2.75 bits per heavy atom. The van der Waals surface area contributed by atoms with E-state index in [1.165, 1.54) is 0 Å². The number of nitrogen functional groups attached to an aromatic ring is 1. The van der Waals surface area contributed by atoms with Crippen LogP contribution in [-0.4, -0.2) is 4.98 Å². The molecule has 0 saturated carbocycles. The zero-order chi connectivity index (χ0) is 14.3. The molecule has 1 heterocycles. The summed E-state index contributed by atoms with van der Waals surface area (Å²) in [6.07, 6.45) is 0. The van der Waals surface area contributed by atoms with Gasteiger partial charge in [-0.3, -0.25) is 0 Å². The number of rotatable bonds is 2. The summed E-state index contributed by atoms with van der Waals surface area (Å²) in [4.78, 5) is 4.45. The van der Waals surface area contributed by atoms with Gasteiger partial charge >= 0.3 is 0 Å². The van der Waals surface area contributed by atoms with Gasteiger partial charge in [-0.05, 0) is 37.6 Å². The first kappa shape index (κ1) is 13.2. The Balaban J connectivity index is 2.05. The van der Waals surface area contributed by atoms with Gasteiger partial charge in [0, 0.05) is 6.07 Å². The Bertz CT molecular complexity index is 798. The van der Waals surface area contributed by atoms with E-state index in [2.05, 4.69) is 4.98 Å². The molecule has 3 rings (SSSR count). The van der Waals surface area contributed by atoms with Gasteiger partial charge in [-0.2, -0.15) is 0 Å². The zero-order valence-corrected chi connectivity index (χ0v) is 12.7. The summed E-state index contributed by atoms with van der Waals surface area (Å²) in [7, 11) is 0. The monoisotopic (exact) mass is 304 g/mol. The number of benzene rings is 2. The molecule has 0 radical (unpaired) electrons. The maximum atomic E-state index is 6.14. The van der Waals surface area contributed by atoms with Gasteiger partial charge in [0.1, 0.15) is 5.75 Å². The number of nitrogens with zero attached hydrogens (tertiary/aromatic N) is 1. The fourth-order valence-corrected chi connectivity index (χ4v) is 2.99. The Hall–Kier alpha value is -1.78. The molecule has 2 aromatic carbocycles. The summed E-state index contributed by atoms with van der Waals surface area (Å²) in [6.45, 7) is 3.96. The molecule has 0 aliphatic heterocycles. The number of fused-ring (bicyclic) bond motifs is 1. The van der Waals surface area contributed by atoms with Gasteiger partial charge in [-0.25, -0.2) is 4.98 Å². The molecule has 0 spiro atoms. The van der Waals surface area contributed by atoms with E-state index in [-0.39, 0.29) is 0 Å². The second-order valence-corrected chi connectivity index (χ2v) is 6.27. The summed E-state index contributed by atoms with van der Waals surface area (Å²) in [6, 6.07) is 9.38. The second kappa shape index (κ2) is 4.96. The van der Waals surface area contributed by atoms with E-state index in [1.54, 1.807) is 11.3 Å².